The van der Waals surface area contributed by atoms with Crippen LogP contribution in [0.25, 0.3) is 34.0 Å². The highest BCUT2D eigenvalue weighted by atomic mass is 35.5. The first-order chi connectivity index (χ1) is 31.4. The fraction of sp³-hybridized carbons (Fsp3) is 0.171. The summed E-state index contributed by atoms with van der Waals surface area (Å²) in [5.74, 6) is 3.23. The van der Waals surface area contributed by atoms with Crippen LogP contribution < -0.4 is 61.4 Å². The number of nitrogens with one attached hydrogen (secondary N) is 2. The number of sulfone groups is 1. The van der Waals surface area contributed by atoms with Gasteiger partial charge in [0.2, 0.25) is 9.84 Å². The highest BCUT2D eigenvalue weighted by molar-refractivity contribution is 7.90. The van der Waals surface area contributed by atoms with Crippen LogP contribution in [0.1, 0.15) is 36.6 Å². The zero-order chi connectivity index (χ0) is 44.7. The molecule has 2 saturated heterocycles. The monoisotopic (exact) mass is 1070 g/mol. The lowest BCUT2D eigenvalue weighted by atomic mass is 10.0. The van der Waals surface area contributed by atoms with Crippen LogP contribution in [0, 0.1) is 0 Å². The summed E-state index contributed by atoms with van der Waals surface area (Å²) in [5.41, 5.74) is 7.42. The third-order valence-electron chi connectivity index (χ3n) is 11.4. The fourth-order valence-corrected chi connectivity index (χ4v) is 9.18. The summed E-state index contributed by atoms with van der Waals surface area (Å²) in [6.07, 6.45) is 12.9. The van der Waals surface area contributed by atoms with E-state index in [1.165, 1.54) is 4.52 Å². The van der Waals surface area contributed by atoms with Crippen LogP contribution >= 0.6 is 50.2 Å². The minimum atomic E-state index is -3.65. The zero-order valence-corrected chi connectivity index (χ0v) is 41.6. The van der Waals surface area contributed by atoms with E-state index in [1.807, 2.05) is 76.2 Å². The van der Waals surface area contributed by atoms with Crippen molar-refractivity contribution in [1.82, 2.24) is 57.1 Å². The lowest BCUT2D eigenvalue weighted by Crippen LogP contribution is -3.00. The molecule has 0 saturated carbocycles. The fourth-order valence-electron chi connectivity index (χ4n) is 8.23. The molecule has 0 amide bonds. The average Bonchev–Trinajstić information content (AvgIpc) is 4.09. The van der Waals surface area contributed by atoms with Crippen molar-refractivity contribution in [3.05, 3.63) is 152 Å². The van der Waals surface area contributed by atoms with E-state index in [-0.39, 0.29) is 91.6 Å². The summed E-state index contributed by atoms with van der Waals surface area (Å²) >= 11 is 12.6. The number of rotatable bonds is 7. The highest BCUT2D eigenvalue weighted by Gasteiger charge is 2.40. The van der Waals surface area contributed by atoms with Crippen LogP contribution in [-0.2, 0) is 9.84 Å². The molecule has 0 radical (unpaired) electrons. The van der Waals surface area contributed by atoms with Gasteiger partial charge in [0.05, 0.1) is 45.9 Å². The van der Waals surface area contributed by atoms with Crippen molar-refractivity contribution in [1.29, 1.82) is 0 Å². The Kier molecular flexibility index (Phi) is 14.3. The van der Waals surface area contributed by atoms with Crippen molar-refractivity contribution < 1.29 is 43.2 Å². The van der Waals surface area contributed by atoms with Crippen LogP contribution in [0.4, 0.5) is 17.8 Å². The van der Waals surface area contributed by atoms with E-state index in [4.69, 9.17) is 39.1 Å². The van der Waals surface area contributed by atoms with E-state index in [0.29, 0.717) is 69.3 Å². The minimum Gasteiger partial charge on any atom is -1.00 e. The molecule has 2 atom stereocenters. The lowest BCUT2D eigenvalue weighted by molar-refractivity contribution is -0.347. The second-order valence-corrected chi connectivity index (χ2v) is 18.1. The van der Waals surface area contributed by atoms with Crippen LogP contribution in [0.15, 0.2) is 125 Å². The molecule has 10 heterocycles. The number of benzene rings is 2. The van der Waals surface area contributed by atoms with Crippen molar-refractivity contribution >= 4 is 100 Å². The number of hydrogen-bond donors (Lipinski definition) is 1. The smallest absolute Gasteiger partial charge is 0.407 e. The quantitative estimate of drug-likeness (QED) is 0.169. The van der Waals surface area contributed by atoms with Crippen molar-refractivity contribution in [3.63, 3.8) is 0 Å². The van der Waals surface area contributed by atoms with Crippen molar-refractivity contribution in [3.8, 4) is 11.4 Å². The van der Waals surface area contributed by atoms with Crippen LogP contribution in [0.2, 0.25) is 10.0 Å². The van der Waals surface area contributed by atoms with E-state index in [1.54, 1.807) is 61.2 Å². The molecule has 28 heteroatoms. The Morgan fingerprint density at radius 1 is 0.623 bits per heavy atom. The van der Waals surface area contributed by atoms with Crippen molar-refractivity contribution in [2.45, 2.75) is 30.1 Å². The van der Waals surface area contributed by atoms with Crippen LogP contribution in [0.3, 0.4) is 0 Å². The van der Waals surface area contributed by atoms with Gasteiger partial charge in [-0.1, -0.05) is 59.6 Å². The number of nitrogen functional groups attached to an aromatic ring is 1. The number of hydrogen-bond acceptors (Lipinski definition) is 13. The van der Waals surface area contributed by atoms with E-state index >= 15 is 0 Å². The first kappa shape index (κ1) is 50.5. The molecule has 358 valence electrons. The maximum atomic E-state index is 13.6. The van der Waals surface area contributed by atoms with Gasteiger partial charge in [0.25, 0.3) is 23.0 Å². The van der Waals surface area contributed by atoms with Gasteiger partial charge in [-0.05, 0) is 59.2 Å². The number of nitrogens with two attached hydrogens (primary N) is 1. The van der Waals surface area contributed by atoms with Gasteiger partial charge in [0.1, 0.15) is 23.4 Å². The number of aromatic amines is 2. The predicted octanol–water partition coefficient (Wildman–Crippen LogP) is -2.89. The zero-order valence-electron chi connectivity index (χ0n) is 35.8. The molecule has 8 aromatic heterocycles. The Hall–Kier alpha value is -6.41. The second-order valence-electron chi connectivity index (χ2n) is 15.3. The number of aromatic nitrogens is 14. The Balaban J connectivity index is 0.000000193. The molecule has 10 aromatic rings. The van der Waals surface area contributed by atoms with E-state index < -0.39 is 9.84 Å². The van der Waals surface area contributed by atoms with Crippen LogP contribution in [0.5, 0.6) is 0 Å². The normalized spacial score (nSPS) is 15.3. The summed E-state index contributed by atoms with van der Waals surface area (Å²) in [4.78, 5) is 54.2. The average molecular weight is 1070 g/mol. The molecule has 21 nitrogen and oxygen atoms in total. The molecule has 0 spiro atoms. The van der Waals surface area contributed by atoms with Gasteiger partial charge in [-0.25, -0.2) is 27.4 Å². The van der Waals surface area contributed by atoms with Gasteiger partial charge in [-0.2, -0.15) is 51.0 Å². The third-order valence-corrected chi connectivity index (χ3v) is 12.9. The van der Waals surface area contributed by atoms with E-state index in [0.717, 1.165) is 24.9 Å². The predicted molar refractivity (Wildman–Crippen MR) is 258 cm³/mol. The maximum absolute atomic E-state index is 13.6. The standard InChI is InChI=1S/C21H17ClN8O3S.C20H16ClN9O.2ClH.2H2S/c1-34(32,33)20-24-19-23-9-12-28(19)21(25-20)27-10-8-15(27)17-26-29-11-7-14(22)16(29)18(31)30(17)13-5-3-2-4-6-13;21-13-6-10-29-15(13)17(31)30(12-4-2-1-3-5-12)16(26-29)14-7-9-27(14)20-25-18(22)24-19-23-8-11-28(19)20;;;;/h2-7,9,11-12,15H,8,10H2,1H3;1-6,8,10-11,14H,7,9H2,(H2,22,23,24);2*1H;2*1H2/t15-;14-;;;;/m00..../s1. The third kappa shape index (κ3) is 8.59. The molecule has 0 aliphatic carbocycles. The molecular formula is C41H39Cl4N17O4S3. The molecule has 2 aliphatic heterocycles. The summed E-state index contributed by atoms with van der Waals surface area (Å²) < 4.78 is 34.2. The van der Waals surface area contributed by atoms with E-state index in [9.17, 15) is 18.0 Å². The summed E-state index contributed by atoms with van der Waals surface area (Å²) in [6, 6.07) is 21.4. The summed E-state index contributed by atoms with van der Waals surface area (Å²) in [5, 5.41) is 9.93. The molecule has 0 unspecified atom stereocenters. The van der Waals surface area contributed by atoms with Gasteiger partial charge in [0, 0.05) is 31.7 Å². The Labute approximate surface area is 426 Å². The van der Waals surface area contributed by atoms with Crippen LogP contribution in [-0.4, -0.2) is 84.9 Å². The molecule has 69 heavy (non-hydrogen) atoms. The molecule has 0 bridgehead atoms. The Morgan fingerprint density at radius 3 is 1.48 bits per heavy atom. The molecule has 2 aliphatic rings. The van der Waals surface area contributed by atoms with Gasteiger partial charge in [0.15, 0.2) is 11.6 Å². The number of para-hydroxylation sites is 2. The first-order valence-corrected chi connectivity index (χ1v) is 22.8. The van der Waals surface area contributed by atoms with Gasteiger partial charge >= 0.3 is 22.7 Å². The second kappa shape index (κ2) is 19.5. The van der Waals surface area contributed by atoms with E-state index in [2.05, 4.69) is 34.8 Å². The minimum absolute atomic E-state index is 0. The molecular weight excluding hydrogens is 1030 g/mol. The number of nitrogens with zero attached hydrogens (tertiary/aromatic N) is 14. The Morgan fingerprint density at radius 2 is 1.06 bits per heavy atom. The number of halogens is 4. The number of anilines is 3. The Bertz CT molecular complexity index is 3760. The van der Waals surface area contributed by atoms with Crippen molar-refractivity contribution in [2.75, 3.05) is 34.9 Å². The first-order valence-electron chi connectivity index (χ1n) is 20.2. The summed E-state index contributed by atoms with van der Waals surface area (Å²) in [6.45, 7) is 1.33. The summed E-state index contributed by atoms with van der Waals surface area (Å²) in [7, 11) is -3.65. The lowest BCUT2D eigenvalue weighted by Gasteiger charge is -2.40. The van der Waals surface area contributed by atoms with Gasteiger partial charge < -0.3 is 40.3 Å². The molecule has 12 rings (SSSR count). The van der Waals surface area contributed by atoms with Crippen molar-refractivity contribution in [2.24, 2.45) is 0 Å². The number of H-pyrrole nitrogens is 2. The van der Waals surface area contributed by atoms with Gasteiger partial charge in [-0.3, -0.25) is 18.7 Å². The number of fused-ring (bicyclic) bond motifs is 4. The molecule has 2 aromatic carbocycles. The topological polar surface area (TPSA) is 234 Å². The molecule has 4 N–H and O–H groups in total. The highest BCUT2D eigenvalue weighted by Crippen LogP contribution is 2.38. The van der Waals surface area contributed by atoms with Gasteiger partial charge in [-0.15, -0.1) is 4.98 Å². The molecule has 2 fully saturated rings. The maximum Gasteiger partial charge on any atom is 0.407 e. The largest absolute Gasteiger partial charge is 1.00 e. The SMILES string of the molecule is CS(=O)(=O)c1nc(N2CC[C@H]2c2nn3ccc(Cl)c3c(=O)n2-c2ccccc2)n2cc[nH+]c2n1.Nc1nc(N2CC[C@H]2c2nn3ccc(Cl)c3c(=O)n2-c2ccccc2)n2cc[nH+]c2n1.S.S.[Cl-].[Cl-]. The number of imidazole rings is 2.